The highest BCUT2D eigenvalue weighted by Crippen LogP contribution is 2.37. The second kappa shape index (κ2) is 5.32. The van der Waals surface area contributed by atoms with Crippen LogP contribution in [0.1, 0.15) is 46.5 Å². The third kappa shape index (κ3) is 2.49. The molecule has 3 heteroatoms. The molecule has 104 valence electrons. The van der Waals surface area contributed by atoms with Gasteiger partial charge in [-0.2, -0.15) is 0 Å². The Morgan fingerprint density at radius 1 is 1.56 bits per heavy atom. The predicted octanol–water partition coefficient (Wildman–Crippen LogP) is 1.94. The molecule has 0 saturated carbocycles. The number of nitrogens with zero attached hydrogens (tertiary/aromatic N) is 1. The number of rotatable bonds is 3. The van der Waals surface area contributed by atoms with Crippen LogP contribution in [0, 0.1) is 5.92 Å². The first-order valence-corrected chi connectivity index (χ1v) is 7.32. The van der Waals surface area contributed by atoms with E-state index >= 15 is 0 Å². The average Bonchev–Trinajstić information content (AvgIpc) is 2.75. The van der Waals surface area contributed by atoms with Crippen LogP contribution >= 0.6 is 0 Å². The number of hydrogen-bond donors (Lipinski definition) is 2. The Balaban J connectivity index is 2.17. The van der Waals surface area contributed by atoms with Crippen molar-refractivity contribution < 1.29 is 10.2 Å². The van der Waals surface area contributed by atoms with Crippen molar-refractivity contribution in [2.75, 3.05) is 13.1 Å². The van der Waals surface area contributed by atoms with E-state index in [2.05, 4.69) is 24.8 Å². The Bertz CT molecular complexity index is 324. The van der Waals surface area contributed by atoms with Crippen molar-refractivity contribution >= 4 is 0 Å². The van der Waals surface area contributed by atoms with Gasteiger partial charge in [0.05, 0.1) is 0 Å². The second-order valence-corrected chi connectivity index (χ2v) is 6.26. The monoisotopic (exact) mass is 253 g/mol. The first kappa shape index (κ1) is 14.0. The highest BCUT2D eigenvalue weighted by atomic mass is 16.3. The number of fused-ring (bicyclic) bond motifs is 1. The summed E-state index contributed by atoms with van der Waals surface area (Å²) in [4.78, 5) is 2.33. The molecule has 2 heterocycles. The van der Waals surface area contributed by atoms with Gasteiger partial charge < -0.3 is 10.2 Å². The molecule has 0 aromatic carbocycles. The lowest BCUT2D eigenvalue weighted by Gasteiger charge is -2.46. The molecule has 0 radical (unpaired) electrons. The maximum absolute atomic E-state index is 10.6. The SMILES string of the molecule is CCCC(C)/C=C1\CN2CCCC2C(C)(O)C1O. The van der Waals surface area contributed by atoms with E-state index < -0.39 is 11.7 Å². The van der Waals surface area contributed by atoms with Crippen LogP contribution < -0.4 is 0 Å². The molecular weight excluding hydrogens is 226 g/mol. The predicted molar refractivity (Wildman–Crippen MR) is 73.4 cm³/mol. The molecule has 2 aliphatic heterocycles. The van der Waals surface area contributed by atoms with E-state index in [4.69, 9.17) is 0 Å². The Kier molecular flexibility index (Phi) is 4.15. The van der Waals surface area contributed by atoms with Gasteiger partial charge in [0.1, 0.15) is 11.7 Å². The van der Waals surface area contributed by atoms with Crippen LogP contribution in [0.5, 0.6) is 0 Å². The van der Waals surface area contributed by atoms with Gasteiger partial charge in [0.25, 0.3) is 0 Å². The molecule has 2 fully saturated rings. The quantitative estimate of drug-likeness (QED) is 0.756. The summed E-state index contributed by atoms with van der Waals surface area (Å²) < 4.78 is 0. The number of allylic oxidation sites excluding steroid dienone is 1. The third-order valence-electron chi connectivity index (χ3n) is 4.57. The summed E-state index contributed by atoms with van der Waals surface area (Å²) in [6.45, 7) is 8.04. The van der Waals surface area contributed by atoms with E-state index in [0.717, 1.165) is 44.3 Å². The van der Waals surface area contributed by atoms with Crippen molar-refractivity contribution in [3.8, 4) is 0 Å². The van der Waals surface area contributed by atoms with Gasteiger partial charge in [-0.15, -0.1) is 0 Å². The van der Waals surface area contributed by atoms with E-state index in [1.807, 2.05) is 0 Å². The average molecular weight is 253 g/mol. The van der Waals surface area contributed by atoms with Gasteiger partial charge in [0, 0.05) is 12.6 Å². The van der Waals surface area contributed by atoms with Crippen LogP contribution in [0.4, 0.5) is 0 Å². The first-order valence-electron chi connectivity index (χ1n) is 7.32. The zero-order valence-corrected chi connectivity index (χ0v) is 11.9. The number of aliphatic hydroxyl groups excluding tert-OH is 1. The highest BCUT2D eigenvalue weighted by Gasteiger charge is 2.49. The molecule has 3 nitrogen and oxygen atoms in total. The van der Waals surface area contributed by atoms with Crippen molar-refractivity contribution in [1.82, 2.24) is 4.90 Å². The Labute approximate surface area is 110 Å². The molecule has 0 aromatic rings. The van der Waals surface area contributed by atoms with Crippen LogP contribution in [-0.2, 0) is 0 Å². The lowest BCUT2D eigenvalue weighted by atomic mass is 9.80. The van der Waals surface area contributed by atoms with Crippen molar-refractivity contribution in [1.29, 1.82) is 0 Å². The molecule has 18 heavy (non-hydrogen) atoms. The fourth-order valence-electron chi connectivity index (χ4n) is 3.60. The largest absolute Gasteiger partial charge is 0.386 e. The molecule has 2 rings (SSSR count). The molecular formula is C15H27NO2. The number of piperidine rings is 1. The van der Waals surface area contributed by atoms with E-state index in [-0.39, 0.29) is 6.04 Å². The van der Waals surface area contributed by atoms with Gasteiger partial charge in [-0.1, -0.05) is 26.3 Å². The zero-order valence-electron chi connectivity index (χ0n) is 11.9. The molecule has 2 saturated heterocycles. The fraction of sp³-hybridized carbons (Fsp3) is 0.867. The van der Waals surface area contributed by atoms with Gasteiger partial charge in [0.15, 0.2) is 0 Å². The van der Waals surface area contributed by atoms with Crippen molar-refractivity contribution in [2.24, 2.45) is 5.92 Å². The van der Waals surface area contributed by atoms with Crippen LogP contribution in [0.25, 0.3) is 0 Å². The van der Waals surface area contributed by atoms with E-state index in [1.165, 1.54) is 0 Å². The van der Waals surface area contributed by atoms with Gasteiger partial charge in [-0.05, 0) is 44.2 Å². The van der Waals surface area contributed by atoms with Gasteiger partial charge in [0.2, 0.25) is 0 Å². The molecule has 2 N–H and O–H groups in total. The summed E-state index contributed by atoms with van der Waals surface area (Å²) in [5, 5.41) is 21.0. The van der Waals surface area contributed by atoms with E-state index in [9.17, 15) is 10.2 Å². The standard InChI is InChI=1S/C15H27NO2/c1-4-6-11(2)9-12-10-16-8-5-7-13(16)15(3,18)14(12)17/h9,11,13-14,17-18H,4-8,10H2,1-3H3/b12-9+. The normalized spacial score (nSPS) is 41.1. The molecule has 0 aromatic heterocycles. The number of aliphatic hydroxyl groups is 2. The second-order valence-electron chi connectivity index (χ2n) is 6.26. The first-order chi connectivity index (χ1) is 8.46. The molecule has 4 atom stereocenters. The van der Waals surface area contributed by atoms with Gasteiger partial charge in [-0.25, -0.2) is 0 Å². The Morgan fingerprint density at radius 2 is 2.28 bits per heavy atom. The van der Waals surface area contributed by atoms with Crippen molar-refractivity contribution in [3.63, 3.8) is 0 Å². The summed E-state index contributed by atoms with van der Waals surface area (Å²) >= 11 is 0. The molecule has 0 aliphatic carbocycles. The van der Waals surface area contributed by atoms with Gasteiger partial charge >= 0.3 is 0 Å². The molecule has 0 spiro atoms. The smallest absolute Gasteiger partial charge is 0.107 e. The molecule has 0 bridgehead atoms. The van der Waals surface area contributed by atoms with E-state index in [0.29, 0.717) is 5.92 Å². The summed E-state index contributed by atoms with van der Waals surface area (Å²) in [6.07, 6.45) is 5.91. The minimum Gasteiger partial charge on any atom is -0.386 e. The summed E-state index contributed by atoms with van der Waals surface area (Å²) in [5.41, 5.74) is 0.0195. The maximum Gasteiger partial charge on any atom is 0.107 e. The van der Waals surface area contributed by atoms with Crippen LogP contribution in [-0.4, -0.2) is 45.9 Å². The number of hydrogen-bond acceptors (Lipinski definition) is 3. The van der Waals surface area contributed by atoms with Crippen LogP contribution in [0.3, 0.4) is 0 Å². The third-order valence-corrected chi connectivity index (χ3v) is 4.57. The summed E-state index contributed by atoms with van der Waals surface area (Å²) in [5.74, 6) is 0.481. The highest BCUT2D eigenvalue weighted by molar-refractivity contribution is 5.23. The van der Waals surface area contributed by atoms with Crippen molar-refractivity contribution in [2.45, 2.75) is 64.2 Å². The molecule has 4 unspecified atom stereocenters. The zero-order chi connectivity index (χ0) is 13.3. The van der Waals surface area contributed by atoms with E-state index in [1.54, 1.807) is 6.92 Å². The fourth-order valence-corrected chi connectivity index (χ4v) is 3.60. The summed E-state index contributed by atoms with van der Waals surface area (Å²) in [6, 6.07) is 0.131. The minimum atomic E-state index is -0.994. The summed E-state index contributed by atoms with van der Waals surface area (Å²) in [7, 11) is 0. The molecule has 0 amide bonds. The minimum absolute atomic E-state index is 0.131. The lowest BCUT2D eigenvalue weighted by Crippen LogP contribution is -2.61. The Morgan fingerprint density at radius 3 is 2.94 bits per heavy atom. The molecule has 2 aliphatic rings. The van der Waals surface area contributed by atoms with Gasteiger partial charge in [-0.3, -0.25) is 4.90 Å². The lowest BCUT2D eigenvalue weighted by molar-refractivity contribution is -0.110. The maximum atomic E-state index is 10.6. The topological polar surface area (TPSA) is 43.7 Å². The Hall–Kier alpha value is -0.380. The van der Waals surface area contributed by atoms with Crippen LogP contribution in [0.2, 0.25) is 0 Å². The van der Waals surface area contributed by atoms with Crippen LogP contribution in [0.15, 0.2) is 11.6 Å². The van der Waals surface area contributed by atoms with Crippen molar-refractivity contribution in [3.05, 3.63) is 11.6 Å².